The van der Waals surface area contributed by atoms with Crippen molar-refractivity contribution in [1.82, 2.24) is 9.97 Å². The van der Waals surface area contributed by atoms with Crippen LogP contribution in [0, 0.1) is 0 Å². The molecule has 0 saturated heterocycles. The molecule has 0 saturated carbocycles. The molecule has 0 aliphatic rings. The van der Waals surface area contributed by atoms with Crippen LogP contribution in [0.5, 0.6) is 11.9 Å². The van der Waals surface area contributed by atoms with Crippen molar-refractivity contribution in [3.8, 4) is 11.9 Å². The number of halogens is 1. The molecular weight excluding hydrogens is 212 g/mol. The third-order valence-electron chi connectivity index (χ3n) is 1.34. The zero-order valence-corrected chi connectivity index (χ0v) is 9.07. The van der Waals surface area contributed by atoms with Crippen LogP contribution in [0.4, 0.5) is 0 Å². The summed E-state index contributed by atoms with van der Waals surface area (Å²) in [5.41, 5.74) is 0. The minimum Gasteiger partial charge on any atom is -0.480 e. The van der Waals surface area contributed by atoms with E-state index in [1.807, 2.05) is 6.26 Å². The second-order valence-corrected chi connectivity index (χ2v) is 3.22. The van der Waals surface area contributed by atoms with Crippen LogP contribution in [0.3, 0.4) is 0 Å². The zero-order valence-electron chi connectivity index (χ0n) is 7.50. The summed E-state index contributed by atoms with van der Waals surface area (Å²) in [5.74, 6) is 0.331. The number of nitrogens with zero attached hydrogens (tertiary/aromatic N) is 2. The Morgan fingerprint density at radius 3 is 2.38 bits per heavy atom. The van der Waals surface area contributed by atoms with Crippen molar-refractivity contribution in [2.75, 3.05) is 20.5 Å². The molecule has 0 spiro atoms. The molecule has 0 bridgehead atoms. The standard InChI is InChI=1S/C7H9ClN2O2S/c1-11-5-4(8)6(13-3)10-7(9-5)12-2/h1-3H3. The lowest BCUT2D eigenvalue weighted by Crippen LogP contribution is -1.97. The summed E-state index contributed by atoms with van der Waals surface area (Å²) in [6.45, 7) is 0. The fraction of sp³-hybridized carbons (Fsp3) is 0.429. The molecule has 13 heavy (non-hydrogen) atoms. The smallest absolute Gasteiger partial charge is 0.320 e. The largest absolute Gasteiger partial charge is 0.480 e. The maximum atomic E-state index is 5.91. The van der Waals surface area contributed by atoms with E-state index in [4.69, 9.17) is 21.1 Å². The summed E-state index contributed by atoms with van der Waals surface area (Å²) in [6.07, 6.45) is 1.87. The van der Waals surface area contributed by atoms with Gasteiger partial charge in [-0.2, -0.15) is 9.97 Å². The number of rotatable bonds is 3. The fourth-order valence-electron chi connectivity index (χ4n) is 0.750. The highest BCUT2D eigenvalue weighted by Crippen LogP contribution is 2.31. The van der Waals surface area contributed by atoms with E-state index in [2.05, 4.69) is 9.97 Å². The van der Waals surface area contributed by atoms with E-state index in [-0.39, 0.29) is 6.01 Å². The lowest BCUT2D eigenvalue weighted by Gasteiger charge is -2.06. The second kappa shape index (κ2) is 4.53. The van der Waals surface area contributed by atoms with E-state index in [0.717, 1.165) is 0 Å². The summed E-state index contributed by atoms with van der Waals surface area (Å²) < 4.78 is 9.83. The molecule has 0 aliphatic heterocycles. The van der Waals surface area contributed by atoms with Gasteiger partial charge in [0.05, 0.1) is 14.2 Å². The van der Waals surface area contributed by atoms with Gasteiger partial charge in [0.2, 0.25) is 5.88 Å². The third kappa shape index (κ3) is 2.16. The van der Waals surface area contributed by atoms with Gasteiger partial charge >= 0.3 is 6.01 Å². The first-order chi connectivity index (χ1) is 6.22. The molecular formula is C7H9ClN2O2S. The minimum absolute atomic E-state index is 0.255. The molecule has 6 heteroatoms. The zero-order chi connectivity index (χ0) is 9.84. The van der Waals surface area contributed by atoms with Gasteiger partial charge in [-0.05, 0) is 6.26 Å². The highest BCUT2D eigenvalue weighted by molar-refractivity contribution is 7.98. The van der Waals surface area contributed by atoms with E-state index in [0.29, 0.717) is 15.9 Å². The molecule has 0 amide bonds. The number of hydrogen-bond acceptors (Lipinski definition) is 5. The molecule has 1 rings (SSSR count). The van der Waals surface area contributed by atoms with Crippen LogP contribution in [0.2, 0.25) is 5.02 Å². The fourth-order valence-corrected chi connectivity index (χ4v) is 1.58. The number of hydrogen-bond donors (Lipinski definition) is 0. The predicted molar refractivity (Wildman–Crippen MR) is 51.9 cm³/mol. The highest BCUT2D eigenvalue weighted by atomic mass is 35.5. The highest BCUT2D eigenvalue weighted by Gasteiger charge is 2.12. The normalized spacial score (nSPS) is 9.85. The van der Waals surface area contributed by atoms with Crippen molar-refractivity contribution in [2.24, 2.45) is 0 Å². The average molecular weight is 221 g/mol. The van der Waals surface area contributed by atoms with E-state index in [9.17, 15) is 0 Å². The lowest BCUT2D eigenvalue weighted by molar-refractivity contribution is 0.348. The van der Waals surface area contributed by atoms with Gasteiger partial charge in [0, 0.05) is 0 Å². The first kappa shape index (κ1) is 10.4. The topological polar surface area (TPSA) is 44.2 Å². The Morgan fingerprint density at radius 1 is 1.23 bits per heavy atom. The molecule has 0 radical (unpaired) electrons. The van der Waals surface area contributed by atoms with Gasteiger partial charge in [-0.3, -0.25) is 0 Å². The number of ether oxygens (including phenoxy) is 2. The molecule has 72 valence electrons. The SMILES string of the molecule is COc1nc(OC)c(Cl)c(SC)n1. The van der Waals surface area contributed by atoms with Crippen LogP contribution >= 0.6 is 23.4 Å². The van der Waals surface area contributed by atoms with E-state index in [1.165, 1.54) is 26.0 Å². The Bertz CT molecular complexity index is 284. The molecule has 0 N–H and O–H groups in total. The van der Waals surface area contributed by atoms with Crippen LogP contribution in [-0.4, -0.2) is 30.4 Å². The van der Waals surface area contributed by atoms with E-state index < -0.39 is 0 Å². The second-order valence-electron chi connectivity index (χ2n) is 2.04. The summed E-state index contributed by atoms with van der Waals surface area (Å²) in [4.78, 5) is 7.95. The first-order valence-corrected chi connectivity index (χ1v) is 5.02. The van der Waals surface area contributed by atoms with Crippen molar-refractivity contribution in [3.05, 3.63) is 5.02 Å². The van der Waals surface area contributed by atoms with Crippen LogP contribution in [0.25, 0.3) is 0 Å². The van der Waals surface area contributed by atoms with Crippen molar-refractivity contribution in [2.45, 2.75) is 5.03 Å². The van der Waals surface area contributed by atoms with Crippen LogP contribution in [-0.2, 0) is 0 Å². The molecule has 0 atom stereocenters. The van der Waals surface area contributed by atoms with Gasteiger partial charge in [0.15, 0.2) is 0 Å². The Morgan fingerprint density at radius 2 is 1.92 bits per heavy atom. The molecule has 0 unspecified atom stereocenters. The predicted octanol–water partition coefficient (Wildman–Crippen LogP) is 1.87. The Balaban J connectivity index is 3.20. The molecule has 1 aromatic rings. The van der Waals surface area contributed by atoms with Crippen molar-refractivity contribution < 1.29 is 9.47 Å². The number of thioether (sulfide) groups is 1. The van der Waals surface area contributed by atoms with Crippen molar-refractivity contribution in [1.29, 1.82) is 0 Å². The van der Waals surface area contributed by atoms with E-state index >= 15 is 0 Å². The van der Waals surface area contributed by atoms with Crippen molar-refractivity contribution in [3.63, 3.8) is 0 Å². The Hall–Kier alpha value is -0.680. The van der Waals surface area contributed by atoms with Crippen molar-refractivity contribution >= 4 is 23.4 Å². The molecule has 1 aromatic heterocycles. The maximum Gasteiger partial charge on any atom is 0.320 e. The average Bonchev–Trinajstić information content (AvgIpc) is 2.18. The van der Waals surface area contributed by atoms with Gasteiger partial charge in [0.25, 0.3) is 0 Å². The van der Waals surface area contributed by atoms with Gasteiger partial charge in [0.1, 0.15) is 10.0 Å². The van der Waals surface area contributed by atoms with Gasteiger partial charge in [-0.15, -0.1) is 11.8 Å². The van der Waals surface area contributed by atoms with Crippen LogP contribution in [0.1, 0.15) is 0 Å². The molecule has 4 nitrogen and oxygen atoms in total. The third-order valence-corrected chi connectivity index (χ3v) is 2.47. The van der Waals surface area contributed by atoms with Crippen LogP contribution in [0.15, 0.2) is 5.03 Å². The van der Waals surface area contributed by atoms with Gasteiger partial charge in [-0.1, -0.05) is 11.6 Å². The molecule has 0 aliphatic carbocycles. The minimum atomic E-state index is 0.255. The summed E-state index contributed by atoms with van der Waals surface area (Å²) in [5, 5.41) is 1.06. The maximum absolute atomic E-state index is 5.91. The Kier molecular flexibility index (Phi) is 3.62. The summed E-state index contributed by atoms with van der Waals surface area (Å²) in [7, 11) is 2.99. The molecule has 0 aromatic carbocycles. The summed E-state index contributed by atoms with van der Waals surface area (Å²) >= 11 is 7.32. The summed E-state index contributed by atoms with van der Waals surface area (Å²) in [6, 6.07) is 0.255. The quantitative estimate of drug-likeness (QED) is 0.575. The number of methoxy groups -OCH3 is 2. The molecule has 0 fully saturated rings. The van der Waals surface area contributed by atoms with Gasteiger partial charge < -0.3 is 9.47 Å². The Labute approximate surface area is 85.6 Å². The first-order valence-electron chi connectivity index (χ1n) is 3.42. The number of aromatic nitrogens is 2. The van der Waals surface area contributed by atoms with Crippen LogP contribution < -0.4 is 9.47 Å². The van der Waals surface area contributed by atoms with E-state index in [1.54, 1.807) is 0 Å². The lowest BCUT2D eigenvalue weighted by atomic mass is 10.6. The van der Waals surface area contributed by atoms with Gasteiger partial charge in [-0.25, -0.2) is 0 Å². The monoisotopic (exact) mass is 220 g/mol. The molecule has 1 heterocycles.